The number of amides is 1. The zero-order valence-electron chi connectivity index (χ0n) is 23.0. The van der Waals surface area contributed by atoms with Crippen molar-refractivity contribution in [1.82, 2.24) is 35.3 Å². The number of aromatic nitrogens is 6. The molecule has 2 fully saturated rings. The van der Waals surface area contributed by atoms with Crippen LogP contribution >= 0.6 is 0 Å². The van der Waals surface area contributed by atoms with Crippen molar-refractivity contribution in [1.29, 1.82) is 0 Å². The second kappa shape index (κ2) is 13.7. The molecule has 4 unspecified atom stereocenters. The van der Waals surface area contributed by atoms with Gasteiger partial charge in [0.2, 0.25) is 0 Å². The van der Waals surface area contributed by atoms with Gasteiger partial charge in [-0.25, -0.2) is 9.36 Å². The van der Waals surface area contributed by atoms with Crippen molar-refractivity contribution in [3.63, 3.8) is 0 Å². The number of carbonyl (C=O) groups is 2. The van der Waals surface area contributed by atoms with E-state index in [0.717, 1.165) is 25.7 Å². The summed E-state index contributed by atoms with van der Waals surface area (Å²) < 4.78 is 8.69. The second-order valence-electron chi connectivity index (χ2n) is 10.8. The van der Waals surface area contributed by atoms with Gasteiger partial charge in [-0.05, 0) is 38.0 Å². The molecule has 1 saturated heterocycles. The van der Waals surface area contributed by atoms with E-state index in [1.165, 1.54) is 10.9 Å². The Morgan fingerprint density at radius 1 is 0.975 bits per heavy atom. The molecule has 0 bridgehead atoms. The molecule has 1 aliphatic carbocycles. The number of carbonyl (C=O) groups excluding carboxylic acids is 2. The van der Waals surface area contributed by atoms with Crippen molar-refractivity contribution >= 4 is 11.7 Å². The second-order valence-corrected chi connectivity index (χ2v) is 10.8. The SMILES string of the molecule is CCCCC(=O)c1cn(C2CCC[C@@H](C[C@@H]3OC(CO)[C@H](O)[C@H](n4cc(C(=O)NCCC)nn4)C3O)C2O)nn1. The third-order valence-corrected chi connectivity index (χ3v) is 7.96. The molecule has 40 heavy (non-hydrogen) atoms. The number of nitrogens with zero attached hydrogens (tertiary/aromatic N) is 6. The van der Waals surface area contributed by atoms with Gasteiger partial charge in [-0.1, -0.05) is 37.1 Å². The zero-order chi connectivity index (χ0) is 28.8. The Bertz CT molecular complexity index is 1120. The van der Waals surface area contributed by atoms with Gasteiger partial charge in [0.15, 0.2) is 11.5 Å². The summed E-state index contributed by atoms with van der Waals surface area (Å²) >= 11 is 0. The first kappa shape index (κ1) is 30.2. The lowest BCUT2D eigenvalue weighted by atomic mass is 9.77. The molecule has 14 nitrogen and oxygen atoms in total. The van der Waals surface area contributed by atoms with Crippen LogP contribution in [0.3, 0.4) is 0 Å². The average molecular weight is 564 g/mol. The monoisotopic (exact) mass is 563 g/mol. The highest BCUT2D eigenvalue weighted by molar-refractivity contribution is 5.93. The first-order valence-electron chi connectivity index (χ1n) is 14.2. The number of nitrogens with one attached hydrogen (secondary N) is 1. The van der Waals surface area contributed by atoms with E-state index in [1.54, 1.807) is 10.9 Å². The van der Waals surface area contributed by atoms with Crippen molar-refractivity contribution in [2.24, 2.45) is 5.92 Å². The molecule has 8 atom stereocenters. The summed E-state index contributed by atoms with van der Waals surface area (Å²) in [6, 6.07) is -1.42. The maximum absolute atomic E-state index is 12.4. The number of ether oxygens (including phenoxy) is 1. The summed E-state index contributed by atoms with van der Waals surface area (Å²) in [6.07, 6.45) is 2.86. The fourth-order valence-corrected chi connectivity index (χ4v) is 5.66. The summed E-state index contributed by atoms with van der Waals surface area (Å²) in [5, 5.41) is 62.1. The standard InChI is InChI=1S/C26H41N7O7/c1-3-5-9-19(35)16-12-32(30-28-16)18-8-6-7-15(23(18)36)11-20-24(37)22(25(38)21(14-34)40-20)33-13-17(29-31-33)26(39)27-10-4-2/h12-13,15,18,20-25,34,36-38H,3-11,14H2,1-2H3,(H,27,39)/t15-,18?,20-,21?,22+,23?,24?,25-/m0/s1. The summed E-state index contributed by atoms with van der Waals surface area (Å²) in [6.45, 7) is 3.91. The largest absolute Gasteiger partial charge is 0.394 e. The number of rotatable bonds is 12. The molecule has 14 heteroatoms. The number of aliphatic hydroxyl groups is 4. The van der Waals surface area contributed by atoms with Crippen LogP contribution < -0.4 is 5.32 Å². The van der Waals surface area contributed by atoms with E-state index in [4.69, 9.17) is 4.74 Å². The van der Waals surface area contributed by atoms with Crippen molar-refractivity contribution in [3.05, 3.63) is 23.8 Å². The molecule has 4 rings (SSSR count). The molecule has 1 aliphatic heterocycles. The number of ketones is 1. The van der Waals surface area contributed by atoms with Crippen LogP contribution in [0.25, 0.3) is 0 Å². The van der Waals surface area contributed by atoms with Gasteiger partial charge in [-0.15, -0.1) is 10.2 Å². The van der Waals surface area contributed by atoms with E-state index in [9.17, 15) is 30.0 Å². The van der Waals surface area contributed by atoms with Gasteiger partial charge in [0.1, 0.15) is 30.0 Å². The van der Waals surface area contributed by atoms with Gasteiger partial charge >= 0.3 is 0 Å². The topological polar surface area (TPSA) is 198 Å². The van der Waals surface area contributed by atoms with E-state index in [1.807, 2.05) is 13.8 Å². The summed E-state index contributed by atoms with van der Waals surface area (Å²) in [5.41, 5.74) is 0.328. The fraction of sp³-hybridized carbons (Fsp3) is 0.769. The van der Waals surface area contributed by atoms with Crippen molar-refractivity contribution in [2.45, 2.75) is 108 Å². The maximum Gasteiger partial charge on any atom is 0.273 e. The molecule has 0 aromatic carbocycles. The zero-order valence-corrected chi connectivity index (χ0v) is 23.0. The van der Waals surface area contributed by atoms with Gasteiger partial charge in [-0.3, -0.25) is 9.59 Å². The predicted molar refractivity (Wildman–Crippen MR) is 140 cm³/mol. The van der Waals surface area contributed by atoms with Crippen LogP contribution in [-0.4, -0.2) is 106 Å². The van der Waals surface area contributed by atoms with E-state index in [2.05, 4.69) is 25.9 Å². The Kier molecular flexibility index (Phi) is 10.4. The first-order valence-corrected chi connectivity index (χ1v) is 14.2. The number of Topliss-reactive ketones (excluding diaryl/α,β-unsaturated/α-hetero) is 1. The molecule has 1 saturated carbocycles. The quantitative estimate of drug-likeness (QED) is 0.221. The third kappa shape index (κ3) is 6.57. The van der Waals surface area contributed by atoms with Gasteiger partial charge in [0.25, 0.3) is 5.91 Å². The number of hydrogen-bond donors (Lipinski definition) is 5. The lowest BCUT2D eigenvalue weighted by Crippen LogP contribution is -2.56. The van der Waals surface area contributed by atoms with Crippen molar-refractivity contribution in [3.8, 4) is 0 Å². The number of aliphatic hydroxyl groups excluding tert-OH is 4. The van der Waals surface area contributed by atoms with E-state index < -0.39 is 55.1 Å². The predicted octanol–water partition coefficient (Wildman–Crippen LogP) is 0.197. The Morgan fingerprint density at radius 2 is 1.68 bits per heavy atom. The van der Waals surface area contributed by atoms with Gasteiger partial charge in [0.05, 0.1) is 37.3 Å². The molecule has 222 valence electrons. The molecule has 0 spiro atoms. The molecule has 0 radical (unpaired) electrons. The van der Waals surface area contributed by atoms with Crippen LogP contribution in [0.4, 0.5) is 0 Å². The van der Waals surface area contributed by atoms with Crippen LogP contribution in [-0.2, 0) is 4.74 Å². The lowest BCUT2D eigenvalue weighted by Gasteiger charge is -2.44. The average Bonchev–Trinajstić information content (AvgIpc) is 3.64. The number of hydrogen-bond acceptors (Lipinski definition) is 11. The fourth-order valence-electron chi connectivity index (χ4n) is 5.66. The van der Waals surface area contributed by atoms with E-state index in [0.29, 0.717) is 25.8 Å². The number of unbranched alkanes of at least 4 members (excludes halogenated alkanes) is 1. The Labute approximate surface area is 232 Å². The van der Waals surface area contributed by atoms with Crippen molar-refractivity contribution < 1.29 is 34.8 Å². The van der Waals surface area contributed by atoms with Crippen LogP contribution in [0, 0.1) is 5.92 Å². The minimum Gasteiger partial charge on any atom is -0.394 e. The van der Waals surface area contributed by atoms with Gasteiger partial charge < -0.3 is 30.5 Å². The van der Waals surface area contributed by atoms with Crippen LogP contribution in [0.15, 0.2) is 12.4 Å². The summed E-state index contributed by atoms with van der Waals surface area (Å²) in [7, 11) is 0. The van der Waals surface area contributed by atoms with Crippen LogP contribution in [0.5, 0.6) is 0 Å². The summed E-state index contributed by atoms with van der Waals surface area (Å²) in [4.78, 5) is 24.7. The molecular weight excluding hydrogens is 522 g/mol. The van der Waals surface area contributed by atoms with Gasteiger partial charge in [-0.2, -0.15) is 0 Å². The van der Waals surface area contributed by atoms with E-state index in [-0.39, 0.29) is 29.5 Å². The highest BCUT2D eigenvalue weighted by Crippen LogP contribution is 2.39. The molecule has 5 N–H and O–H groups in total. The highest BCUT2D eigenvalue weighted by Gasteiger charge is 2.48. The molecule has 2 aliphatic rings. The Balaban J connectivity index is 1.47. The molecular formula is C26H41N7O7. The Morgan fingerprint density at radius 3 is 2.40 bits per heavy atom. The molecule has 2 aromatic rings. The van der Waals surface area contributed by atoms with Gasteiger partial charge in [0, 0.05) is 13.0 Å². The van der Waals surface area contributed by atoms with Crippen LogP contribution in [0.1, 0.15) is 98.3 Å². The first-order chi connectivity index (χ1) is 19.3. The van der Waals surface area contributed by atoms with E-state index >= 15 is 0 Å². The minimum absolute atomic E-state index is 0.0439. The maximum atomic E-state index is 12.4. The smallest absolute Gasteiger partial charge is 0.273 e. The van der Waals surface area contributed by atoms with Crippen molar-refractivity contribution in [2.75, 3.05) is 13.2 Å². The molecule has 1 amide bonds. The lowest BCUT2D eigenvalue weighted by molar-refractivity contribution is -0.212. The third-order valence-electron chi connectivity index (χ3n) is 7.96. The molecule has 3 heterocycles. The molecule has 2 aromatic heterocycles. The Hall–Kier alpha value is -2.78. The highest BCUT2D eigenvalue weighted by atomic mass is 16.5. The van der Waals surface area contributed by atoms with Crippen LogP contribution in [0.2, 0.25) is 0 Å². The normalized spacial score (nSPS) is 30.8. The minimum atomic E-state index is -1.31. The summed E-state index contributed by atoms with van der Waals surface area (Å²) in [5.74, 6) is -0.783.